The number of nitrogens with zero attached hydrogens (tertiary/aromatic N) is 1. The van der Waals surface area contributed by atoms with Gasteiger partial charge in [-0.3, -0.25) is 4.90 Å². The maximum absolute atomic E-state index is 5.49. The quantitative estimate of drug-likeness (QED) is 0.848. The zero-order chi connectivity index (χ0) is 16.4. The van der Waals surface area contributed by atoms with E-state index in [-0.39, 0.29) is 0 Å². The van der Waals surface area contributed by atoms with Gasteiger partial charge in [0.05, 0.1) is 4.47 Å². The Bertz CT molecular complexity index is 708. The van der Waals surface area contributed by atoms with Crippen molar-refractivity contribution in [1.82, 2.24) is 10.2 Å². The molecule has 2 aromatic rings. The molecule has 0 unspecified atom stereocenters. The van der Waals surface area contributed by atoms with Gasteiger partial charge in [0, 0.05) is 32.2 Å². The Labute approximate surface area is 150 Å². The first-order valence-corrected chi connectivity index (χ1v) is 9.15. The monoisotopic (exact) mass is 388 g/mol. The molecule has 1 saturated heterocycles. The Balaban J connectivity index is 1.30. The molecule has 0 radical (unpaired) electrons. The number of ether oxygens (including phenoxy) is 2. The van der Waals surface area contributed by atoms with Crippen LogP contribution in [0.2, 0.25) is 0 Å². The summed E-state index contributed by atoms with van der Waals surface area (Å²) in [6.45, 7) is 4.44. The van der Waals surface area contributed by atoms with Crippen molar-refractivity contribution in [3.05, 3.63) is 58.1 Å². The fraction of sp³-hybridized carbons (Fsp3) is 0.368. The summed E-state index contributed by atoms with van der Waals surface area (Å²) < 4.78 is 11.9. The van der Waals surface area contributed by atoms with E-state index in [9.17, 15) is 0 Å². The van der Waals surface area contributed by atoms with Crippen LogP contribution in [-0.2, 0) is 13.1 Å². The van der Waals surface area contributed by atoms with Crippen LogP contribution in [0, 0.1) is 0 Å². The van der Waals surface area contributed by atoms with Crippen LogP contribution in [0.1, 0.15) is 17.5 Å². The average molecular weight is 389 g/mol. The third-order valence-corrected chi connectivity index (χ3v) is 5.19. The molecule has 4 nitrogen and oxygen atoms in total. The molecule has 0 aromatic heterocycles. The summed E-state index contributed by atoms with van der Waals surface area (Å²) in [7, 11) is 0. The van der Waals surface area contributed by atoms with E-state index in [2.05, 4.69) is 68.6 Å². The Hall–Kier alpha value is -1.56. The lowest BCUT2D eigenvalue weighted by Crippen LogP contribution is -2.31. The lowest BCUT2D eigenvalue weighted by Gasteiger charge is -2.17. The van der Waals surface area contributed by atoms with Gasteiger partial charge in [0.2, 0.25) is 6.79 Å². The normalized spacial score (nSPS) is 19.8. The molecule has 24 heavy (non-hydrogen) atoms. The lowest BCUT2D eigenvalue weighted by molar-refractivity contribution is 0.173. The predicted octanol–water partition coefficient (Wildman–Crippen LogP) is 3.54. The topological polar surface area (TPSA) is 33.7 Å². The molecule has 0 spiro atoms. The number of nitrogens with one attached hydrogen (secondary N) is 1. The molecule has 1 atom stereocenters. The van der Waals surface area contributed by atoms with Crippen molar-refractivity contribution in [2.45, 2.75) is 25.6 Å². The highest BCUT2D eigenvalue weighted by molar-refractivity contribution is 9.10. The second-order valence-corrected chi connectivity index (χ2v) is 7.25. The molecule has 2 aliphatic rings. The molecular formula is C19H21BrN2O2. The first-order chi connectivity index (χ1) is 11.8. The summed E-state index contributed by atoms with van der Waals surface area (Å²) in [4.78, 5) is 2.52. The smallest absolute Gasteiger partial charge is 0.231 e. The van der Waals surface area contributed by atoms with Crippen LogP contribution in [0.25, 0.3) is 0 Å². The molecule has 0 amide bonds. The summed E-state index contributed by atoms with van der Waals surface area (Å²) in [6, 6.07) is 15.4. The number of fused-ring (bicyclic) bond motifs is 1. The number of hydrogen-bond acceptors (Lipinski definition) is 4. The molecule has 2 heterocycles. The van der Waals surface area contributed by atoms with Crippen LogP contribution in [0.3, 0.4) is 0 Å². The van der Waals surface area contributed by atoms with Gasteiger partial charge >= 0.3 is 0 Å². The number of likely N-dealkylation sites (tertiary alicyclic amines) is 1. The Morgan fingerprint density at radius 3 is 2.88 bits per heavy atom. The number of benzene rings is 2. The Morgan fingerprint density at radius 2 is 2.00 bits per heavy atom. The van der Waals surface area contributed by atoms with Crippen LogP contribution in [0.4, 0.5) is 0 Å². The van der Waals surface area contributed by atoms with Crippen molar-refractivity contribution in [3.8, 4) is 11.5 Å². The largest absolute Gasteiger partial charge is 0.454 e. The van der Waals surface area contributed by atoms with Crippen LogP contribution in [0.15, 0.2) is 46.9 Å². The number of rotatable bonds is 5. The molecule has 4 rings (SSSR count). The minimum atomic E-state index is 0.307. The van der Waals surface area contributed by atoms with Crippen molar-refractivity contribution in [2.24, 2.45) is 0 Å². The highest BCUT2D eigenvalue weighted by Crippen LogP contribution is 2.39. The van der Waals surface area contributed by atoms with Gasteiger partial charge in [0.15, 0.2) is 11.5 Å². The second-order valence-electron chi connectivity index (χ2n) is 6.40. The third-order valence-electron chi connectivity index (χ3n) is 4.60. The molecule has 1 fully saturated rings. The lowest BCUT2D eigenvalue weighted by atomic mass is 10.2. The van der Waals surface area contributed by atoms with E-state index in [1.165, 1.54) is 17.5 Å². The van der Waals surface area contributed by atoms with Gasteiger partial charge in [-0.05, 0) is 45.6 Å². The predicted molar refractivity (Wildman–Crippen MR) is 97.2 cm³/mol. The zero-order valence-electron chi connectivity index (χ0n) is 13.5. The summed E-state index contributed by atoms with van der Waals surface area (Å²) in [5, 5.41) is 3.67. The molecule has 5 heteroatoms. The highest BCUT2D eigenvalue weighted by atomic mass is 79.9. The van der Waals surface area contributed by atoms with E-state index in [0.29, 0.717) is 12.8 Å². The third kappa shape index (κ3) is 3.58. The summed E-state index contributed by atoms with van der Waals surface area (Å²) in [6.07, 6.45) is 1.19. The number of halogens is 1. The molecule has 2 aliphatic heterocycles. The van der Waals surface area contributed by atoms with Crippen molar-refractivity contribution < 1.29 is 9.47 Å². The number of hydrogen-bond donors (Lipinski definition) is 1. The Kier molecular flexibility index (Phi) is 4.74. The Morgan fingerprint density at radius 1 is 1.12 bits per heavy atom. The van der Waals surface area contributed by atoms with Crippen molar-refractivity contribution >= 4 is 15.9 Å². The summed E-state index contributed by atoms with van der Waals surface area (Å²) in [5.74, 6) is 1.65. The molecule has 0 aliphatic carbocycles. The van der Waals surface area contributed by atoms with E-state index in [0.717, 1.165) is 42.2 Å². The average Bonchev–Trinajstić information content (AvgIpc) is 3.23. The van der Waals surface area contributed by atoms with E-state index in [1.807, 2.05) is 0 Å². The van der Waals surface area contributed by atoms with E-state index in [1.54, 1.807) is 0 Å². The van der Waals surface area contributed by atoms with E-state index in [4.69, 9.17) is 9.47 Å². The first-order valence-electron chi connectivity index (χ1n) is 8.35. The zero-order valence-corrected chi connectivity index (χ0v) is 15.1. The van der Waals surface area contributed by atoms with Crippen LogP contribution < -0.4 is 14.8 Å². The first kappa shape index (κ1) is 15.9. The van der Waals surface area contributed by atoms with Gasteiger partial charge in [-0.15, -0.1) is 0 Å². The van der Waals surface area contributed by atoms with Crippen LogP contribution >= 0.6 is 15.9 Å². The van der Waals surface area contributed by atoms with Crippen molar-refractivity contribution in [1.29, 1.82) is 0 Å². The molecule has 1 N–H and O–H groups in total. The van der Waals surface area contributed by atoms with Crippen molar-refractivity contribution in [3.63, 3.8) is 0 Å². The fourth-order valence-electron chi connectivity index (χ4n) is 3.37. The molecule has 2 aromatic carbocycles. The van der Waals surface area contributed by atoms with Crippen LogP contribution in [0.5, 0.6) is 11.5 Å². The van der Waals surface area contributed by atoms with E-state index < -0.39 is 0 Å². The summed E-state index contributed by atoms with van der Waals surface area (Å²) in [5.41, 5.74) is 2.60. The van der Waals surface area contributed by atoms with Gasteiger partial charge in [0.1, 0.15) is 0 Å². The molecule has 0 bridgehead atoms. The minimum absolute atomic E-state index is 0.307. The highest BCUT2D eigenvalue weighted by Gasteiger charge is 2.23. The SMILES string of the molecule is Brc1cc(CN[C@@H]2CCN(Cc3ccccc3)C2)cc2c1OCO2. The minimum Gasteiger partial charge on any atom is -0.454 e. The maximum atomic E-state index is 5.49. The van der Waals surface area contributed by atoms with Crippen LogP contribution in [-0.4, -0.2) is 30.8 Å². The van der Waals surface area contributed by atoms with E-state index >= 15 is 0 Å². The van der Waals surface area contributed by atoms with Crippen molar-refractivity contribution in [2.75, 3.05) is 19.9 Å². The maximum Gasteiger partial charge on any atom is 0.231 e. The standard InChI is InChI=1S/C19H21BrN2O2/c20-17-8-15(9-18-19(17)24-13-23-18)10-21-16-6-7-22(12-16)11-14-4-2-1-3-5-14/h1-5,8-9,16,21H,6-7,10-13H2/t16-/m1/s1. The van der Waals surface area contributed by atoms with Gasteiger partial charge in [-0.25, -0.2) is 0 Å². The van der Waals surface area contributed by atoms with Gasteiger partial charge in [-0.2, -0.15) is 0 Å². The van der Waals surface area contributed by atoms with Gasteiger partial charge < -0.3 is 14.8 Å². The molecule has 126 valence electrons. The summed E-state index contributed by atoms with van der Waals surface area (Å²) >= 11 is 3.56. The fourth-order valence-corrected chi connectivity index (χ4v) is 3.97. The second kappa shape index (κ2) is 7.13. The van der Waals surface area contributed by atoms with Gasteiger partial charge in [0.25, 0.3) is 0 Å². The van der Waals surface area contributed by atoms with Gasteiger partial charge in [-0.1, -0.05) is 30.3 Å². The molecule has 0 saturated carbocycles. The molecular weight excluding hydrogens is 368 g/mol.